The Bertz CT molecular complexity index is 814. The fourth-order valence-electron chi connectivity index (χ4n) is 2.20. The molecule has 0 aliphatic heterocycles. The number of benzene rings is 1. The minimum atomic E-state index is 0.385. The summed E-state index contributed by atoms with van der Waals surface area (Å²) in [6.07, 6.45) is 1.75. The molecule has 0 bridgehead atoms. The summed E-state index contributed by atoms with van der Waals surface area (Å²) in [5.74, 6) is 3.00. The molecular formula is C17H17N3O4S. The lowest BCUT2D eigenvalue weighted by molar-refractivity contribution is 0.324. The molecule has 130 valence electrons. The second kappa shape index (κ2) is 7.89. The van der Waals surface area contributed by atoms with Crippen molar-refractivity contribution in [1.29, 1.82) is 0 Å². The molecule has 25 heavy (non-hydrogen) atoms. The van der Waals surface area contributed by atoms with Gasteiger partial charge >= 0.3 is 0 Å². The third-order valence-electron chi connectivity index (χ3n) is 3.36. The Morgan fingerprint density at radius 3 is 2.36 bits per heavy atom. The summed E-state index contributed by atoms with van der Waals surface area (Å²) in [7, 11) is 4.67. The van der Waals surface area contributed by atoms with Gasteiger partial charge in [-0.05, 0) is 24.3 Å². The lowest BCUT2D eigenvalue weighted by Gasteiger charge is -2.12. The molecule has 3 rings (SSSR count). The van der Waals surface area contributed by atoms with Crippen molar-refractivity contribution in [3.8, 4) is 28.7 Å². The SMILES string of the molecule is COc1cc(-c2nnc(CSc3ccccn3)o2)cc(OC)c1OC. The van der Waals surface area contributed by atoms with Crippen molar-refractivity contribution < 1.29 is 18.6 Å². The Morgan fingerprint density at radius 1 is 1.00 bits per heavy atom. The van der Waals surface area contributed by atoms with Gasteiger partial charge in [0.15, 0.2) is 11.5 Å². The molecule has 0 radical (unpaired) electrons. The van der Waals surface area contributed by atoms with Crippen molar-refractivity contribution in [3.63, 3.8) is 0 Å². The highest BCUT2D eigenvalue weighted by Crippen LogP contribution is 2.41. The van der Waals surface area contributed by atoms with E-state index in [9.17, 15) is 0 Å². The number of aromatic nitrogens is 3. The molecule has 0 aliphatic rings. The Kier molecular flexibility index (Phi) is 5.39. The second-order valence-electron chi connectivity index (χ2n) is 4.87. The van der Waals surface area contributed by atoms with Crippen LogP contribution in [-0.2, 0) is 5.75 Å². The van der Waals surface area contributed by atoms with Crippen molar-refractivity contribution >= 4 is 11.8 Å². The van der Waals surface area contributed by atoms with Crippen molar-refractivity contribution in [2.24, 2.45) is 0 Å². The maximum absolute atomic E-state index is 5.74. The van der Waals surface area contributed by atoms with E-state index in [1.807, 2.05) is 18.2 Å². The Morgan fingerprint density at radius 2 is 1.76 bits per heavy atom. The third-order valence-corrected chi connectivity index (χ3v) is 4.29. The fraction of sp³-hybridized carbons (Fsp3) is 0.235. The van der Waals surface area contributed by atoms with E-state index in [0.717, 1.165) is 5.03 Å². The summed E-state index contributed by atoms with van der Waals surface area (Å²) in [6, 6.07) is 9.28. The van der Waals surface area contributed by atoms with Crippen LogP contribution in [0, 0.1) is 0 Å². The Labute approximate surface area is 149 Å². The zero-order chi connectivity index (χ0) is 17.6. The van der Waals surface area contributed by atoms with Crippen LogP contribution in [0.25, 0.3) is 11.5 Å². The van der Waals surface area contributed by atoms with Gasteiger partial charge in [0.2, 0.25) is 17.5 Å². The predicted molar refractivity (Wildman–Crippen MR) is 93.2 cm³/mol. The highest BCUT2D eigenvalue weighted by molar-refractivity contribution is 7.98. The predicted octanol–water partition coefficient (Wildman–Crippen LogP) is 3.45. The molecule has 0 saturated carbocycles. The smallest absolute Gasteiger partial charge is 0.248 e. The van der Waals surface area contributed by atoms with Gasteiger partial charge in [0.25, 0.3) is 0 Å². The minimum Gasteiger partial charge on any atom is -0.493 e. The first-order chi connectivity index (χ1) is 12.2. The van der Waals surface area contributed by atoms with E-state index >= 15 is 0 Å². The first kappa shape index (κ1) is 17.1. The maximum atomic E-state index is 5.74. The van der Waals surface area contributed by atoms with Crippen molar-refractivity contribution in [1.82, 2.24) is 15.2 Å². The van der Waals surface area contributed by atoms with Crippen molar-refractivity contribution in [2.45, 2.75) is 10.8 Å². The number of nitrogens with zero attached hydrogens (tertiary/aromatic N) is 3. The van der Waals surface area contributed by atoms with Gasteiger partial charge in [-0.15, -0.1) is 10.2 Å². The standard InChI is InChI=1S/C17H17N3O4S/c1-21-12-8-11(9-13(22-2)16(12)23-3)17-20-19-14(24-17)10-25-15-6-4-5-7-18-15/h4-9H,10H2,1-3H3. The van der Waals surface area contributed by atoms with Gasteiger partial charge in [-0.2, -0.15) is 0 Å². The van der Waals surface area contributed by atoms with Crippen LogP contribution in [0.2, 0.25) is 0 Å². The maximum Gasteiger partial charge on any atom is 0.248 e. The van der Waals surface area contributed by atoms with Crippen molar-refractivity contribution in [3.05, 3.63) is 42.4 Å². The number of ether oxygens (including phenoxy) is 3. The molecule has 0 N–H and O–H groups in total. The molecule has 3 aromatic rings. The molecular weight excluding hydrogens is 342 g/mol. The van der Waals surface area contributed by atoms with E-state index < -0.39 is 0 Å². The van der Waals surface area contributed by atoms with Gasteiger partial charge in [-0.3, -0.25) is 0 Å². The van der Waals surface area contributed by atoms with Gasteiger partial charge in [-0.25, -0.2) is 4.98 Å². The number of rotatable bonds is 7. The Balaban J connectivity index is 1.82. The fourth-order valence-corrected chi connectivity index (χ4v) is 2.90. The molecule has 0 unspecified atom stereocenters. The summed E-state index contributed by atoms with van der Waals surface area (Å²) in [5.41, 5.74) is 0.691. The first-order valence-corrected chi connectivity index (χ1v) is 8.40. The summed E-state index contributed by atoms with van der Waals surface area (Å²) >= 11 is 1.53. The monoisotopic (exact) mass is 359 g/mol. The molecule has 0 saturated heterocycles. The van der Waals surface area contributed by atoms with E-state index in [-0.39, 0.29) is 0 Å². The highest BCUT2D eigenvalue weighted by atomic mass is 32.2. The van der Waals surface area contributed by atoms with Crippen LogP contribution in [0.5, 0.6) is 17.2 Å². The number of hydrogen-bond donors (Lipinski definition) is 0. The van der Waals surface area contributed by atoms with Gasteiger partial charge in [0.05, 0.1) is 32.1 Å². The van der Waals surface area contributed by atoms with Crippen LogP contribution >= 0.6 is 11.8 Å². The summed E-state index contributed by atoms with van der Waals surface area (Å²) in [6.45, 7) is 0. The van der Waals surface area contributed by atoms with Crippen LogP contribution in [0.15, 0.2) is 46.0 Å². The number of hydrogen-bond acceptors (Lipinski definition) is 8. The van der Waals surface area contributed by atoms with Crippen LogP contribution in [0.3, 0.4) is 0 Å². The van der Waals surface area contributed by atoms with Gasteiger partial charge in [-0.1, -0.05) is 17.8 Å². The van der Waals surface area contributed by atoms with Gasteiger partial charge in [0.1, 0.15) is 0 Å². The lowest BCUT2D eigenvalue weighted by atomic mass is 10.2. The number of thioether (sulfide) groups is 1. The van der Waals surface area contributed by atoms with E-state index in [1.165, 1.54) is 11.8 Å². The van der Waals surface area contributed by atoms with Crippen LogP contribution in [-0.4, -0.2) is 36.5 Å². The molecule has 8 heteroatoms. The minimum absolute atomic E-state index is 0.385. The molecule has 0 amide bonds. The van der Waals surface area contributed by atoms with Gasteiger partial charge in [0, 0.05) is 11.8 Å². The highest BCUT2D eigenvalue weighted by Gasteiger charge is 2.17. The molecule has 0 atom stereocenters. The summed E-state index contributed by atoms with van der Waals surface area (Å²) in [5, 5.41) is 9.08. The largest absolute Gasteiger partial charge is 0.493 e. The zero-order valence-corrected chi connectivity index (χ0v) is 14.9. The van der Waals surface area contributed by atoms with E-state index in [4.69, 9.17) is 18.6 Å². The van der Waals surface area contributed by atoms with Crippen LogP contribution in [0.1, 0.15) is 5.89 Å². The molecule has 2 aromatic heterocycles. The molecule has 0 aliphatic carbocycles. The molecule has 0 fully saturated rings. The van der Waals surface area contributed by atoms with Crippen molar-refractivity contribution in [2.75, 3.05) is 21.3 Å². The van der Waals surface area contributed by atoms with E-state index in [0.29, 0.717) is 40.3 Å². The van der Waals surface area contributed by atoms with E-state index in [2.05, 4.69) is 15.2 Å². The molecule has 2 heterocycles. The van der Waals surface area contributed by atoms with Crippen LogP contribution < -0.4 is 14.2 Å². The summed E-state index contributed by atoms with van der Waals surface area (Å²) < 4.78 is 21.7. The summed E-state index contributed by atoms with van der Waals surface area (Å²) in [4.78, 5) is 4.25. The van der Waals surface area contributed by atoms with Crippen LogP contribution in [0.4, 0.5) is 0 Å². The normalized spacial score (nSPS) is 10.5. The quantitative estimate of drug-likeness (QED) is 0.594. The number of pyridine rings is 1. The molecule has 1 aromatic carbocycles. The second-order valence-corrected chi connectivity index (χ2v) is 5.87. The number of methoxy groups -OCH3 is 3. The average Bonchev–Trinajstić information content (AvgIpc) is 3.15. The topological polar surface area (TPSA) is 79.5 Å². The average molecular weight is 359 g/mol. The van der Waals surface area contributed by atoms with Gasteiger partial charge < -0.3 is 18.6 Å². The molecule has 7 nitrogen and oxygen atoms in total. The van der Waals surface area contributed by atoms with E-state index in [1.54, 1.807) is 39.7 Å². The Hall–Kier alpha value is -2.74. The first-order valence-electron chi connectivity index (χ1n) is 7.41. The zero-order valence-electron chi connectivity index (χ0n) is 14.1. The third kappa shape index (κ3) is 3.85. The molecule has 0 spiro atoms. The lowest BCUT2D eigenvalue weighted by Crippen LogP contribution is -1.95.